The van der Waals surface area contributed by atoms with Gasteiger partial charge in [0.1, 0.15) is 11.4 Å². The van der Waals surface area contributed by atoms with Crippen molar-refractivity contribution in [3.05, 3.63) is 22.0 Å². The Kier molecular flexibility index (Phi) is 3.08. The third kappa shape index (κ3) is 2.59. The second-order valence-electron chi connectivity index (χ2n) is 4.01. The van der Waals surface area contributed by atoms with Crippen LogP contribution in [0, 0.1) is 0 Å². The topological polar surface area (TPSA) is 49.0 Å². The molecule has 1 saturated heterocycles. The second-order valence-corrected chi connectivity index (χ2v) is 4.01. The number of rotatable bonds is 1. The van der Waals surface area contributed by atoms with E-state index >= 15 is 0 Å². The van der Waals surface area contributed by atoms with Crippen LogP contribution >= 0.6 is 0 Å². The van der Waals surface area contributed by atoms with Crippen molar-refractivity contribution < 1.29 is 13.2 Å². The van der Waals surface area contributed by atoms with Crippen LogP contribution in [0.5, 0.6) is 0 Å². The Hall–Kier alpha value is -1.53. The quantitative estimate of drug-likeness (QED) is 0.822. The molecule has 0 radical (unpaired) electrons. The summed E-state index contributed by atoms with van der Waals surface area (Å²) in [5, 5.41) is 5.57. The number of anilines is 1. The van der Waals surface area contributed by atoms with Crippen LogP contribution in [0.3, 0.4) is 0 Å². The first-order chi connectivity index (χ1) is 7.98. The highest BCUT2D eigenvalue weighted by molar-refractivity contribution is 5.40. The Morgan fingerprint density at radius 1 is 1.24 bits per heavy atom. The number of alkyl halides is 3. The van der Waals surface area contributed by atoms with Gasteiger partial charge < -0.3 is 4.90 Å². The first-order valence-corrected chi connectivity index (χ1v) is 5.40. The molecule has 0 spiro atoms. The Morgan fingerprint density at radius 3 is 2.47 bits per heavy atom. The lowest BCUT2D eigenvalue weighted by atomic mass is 10.1. The SMILES string of the molecule is O=c1[nH]nc(N2CCCCC2)cc1C(F)(F)F. The molecule has 0 unspecified atom stereocenters. The first kappa shape index (κ1) is 11.9. The molecule has 1 aromatic heterocycles. The summed E-state index contributed by atoms with van der Waals surface area (Å²) in [7, 11) is 0. The van der Waals surface area contributed by atoms with Gasteiger partial charge in [0.2, 0.25) is 0 Å². The largest absolute Gasteiger partial charge is 0.421 e. The van der Waals surface area contributed by atoms with Crippen molar-refractivity contribution in [3.63, 3.8) is 0 Å². The average Bonchev–Trinajstić information content (AvgIpc) is 2.29. The van der Waals surface area contributed by atoms with E-state index in [1.54, 1.807) is 4.90 Å². The molecule has 0 amide bonds. The summed E-state index contributed by atoms with van der Waals surface area (Å²) in [4.78, 5) is 12.8. The minimum absolute atomic E-state index is 0.191. The zero-order valence-corrected chi connectivity index (χ0v) is 9.05. The molecule has 17 heavy (non-hydrogen) atoms. The van der Waals surface area contributed by atoms with Gasteiger partial charge in [-0.25, -0.2) is 5.10 Å². The summed E-state index contributed by atoms with van der Waals surface area (Å²) < 4.78 is 37.6. The van der Waals surface area contributed by atoms with Gasteiger partial charge in [-0.05, 0) is 19.3 Å². The third-order valence-corrected chi connectivity index (χ3v) is 2.78. The Balaban J connectivity index is 2.33. The number of H-pyrrole nitrogens is 1. The van der Waals surface area contributed by atoms with E-state index in [4.69, 9.17) is 0 Å². The molecule has 7 heteroatoms. The predicted molar refractivity (Wildman–Crippen MR) is 55.9 cm³/mol. The first-order valence-electron chi connectivity index (χ1n) is 5.40. The maximum Gasteiger partial charge on any atom is 0.421 e. The standard InChI is InChI=1S/C10H12F3N3O/c11-10(12,13)7-6-8(14-15-9(7)17)16-4-2-1-3-5-16/h6H,1-5H2,(H,15,17). The fourth-order valence-corrected chi connectivity index (χ4v) is 1.89. The van der Waals surface area contributed by atoms with Crippen LogP contribution < -0.4 is 10.5 Å². The van der Waals surface area contributed by atoms with E-state index in [2.05, 4.69) is 5.10 Å². The second kappa shape index (κ2) is 4.38. The Bertz CT molecular complexity index is 449. The molecular formula is C10H12F3N3O. The number of nitrogens with zero attached hydrogens (tertiary/aromatic N) is 2. The Labute approximate surface area is 95.4 Å². The lowest BCUT2D eigenvalue weighted by Crippen LogP contribution is -2.32. The molecule has 1 fully saturated rings. The number of hydrogen-bond acceptors (Lipinski definition) is 3. The normalized spacial score (nSPS) is 17.2. The molecule has 94 valence electrons. The minimum Gasteiger partial charge on any atom is -0.355 e. The van der Waals surface area contributed by atoms with Gasteiger partial charge in [0.25, 0.3) is 5.56 Å². The molecule has 1 aromatic rings. The smallest absolute Gasteiger partial charge is 0.355 e. The molecule has 0 aliphatic carbocycles. The zero-order chi connectivity index (χ0) is 12.5. The highest BCUT2D eigenvalue weighted by atomic mass is 19.4. The molecular weight excluding hydrogens is 235 g/mol. The van der Waals surface area contributed by atoms with Gasteiger partial charge in [0.05, 0.1) is 0 Å². The van der Waals surface area contributed by atoms with Crippen molar-refractivity contribution in [1.29, 1.82) is 0 Å². The average molecular weight is 247 g/mol. The molecule has 0 aromatic carbocycles. The van der Waals surface area contributed by atoms with Crippen molar-refractivity contribution in [2.24, 2.45) is 0 Å². The van der Waals surface area contributed by atoms with Gasteiger partial charge in [-0.15, -0.1) is 0 Å². The van der Waals surface area contributed by atoms with E-state index in [9.17, 15) is 18.0 Å². The van der Waals surface area contributed by atoms with E-state index in [-0.39, 0.29) is 5.82 Å². The summed E-state index contributed by atoms with van der Waals surface area (Å²) in [6, 6.07) is 0.824. The van der Waals surface area contributed by atoms with Crippen LogP contribution in [-0.2, 0) is 6.18 Å². The summed E-state index contributed by atoms with van der Waals surface area (Å²) >= 11 is 0. The predicted octanol–water partition coefficient (Wildman–Crippen LogP) is 1.78. The van der Waals surface area contributed by atoms with Gasteiger partial charge in [0.15, 0.2) is 0 Å². The van der Waals surface area contributed by atoms with E-state index < -0.39 is 17.3 Å². The number of hydrogen-bond donors (Lipinski definition) is 1. The van der Waals surface area contributed by atoms with Gasteiger partial charge in [-0.3, -0.25) is 4.79 Å². The fourth-order valence-electron chi connectivity index (χ4n) is 1.89. The Morgan fingerprint density at radius 2 is 1.88 bits per heavy atom. The van der Waals surface area contributed by atoms with Crippen molar-refractivity contribution in [3.8, 4) is 0 Å². The number of piperidine rings is 1. The van der Waals surface area contributed by atoms with Crippen LogP contribution in [0.4, 0.5) is 19.0 Å². The van der Waals surface area contributed by atoms with E-state index in [0.29, 0.717) is 13.1 Å². The minimum atomic E-state index is -4.64. The zero-order valence-electron chi connectivity index (χ0n) is 9.05. The van der Waals surface area contributed by atoms with Gasteiger partial charge in [-0.2, -0.15) is 18.3 Å². The molecule has 2 heterocycles. The van der Waals surface area contributed by atoms with Crippen LogP contribution in [0.1, 0.15) is 24.8 Å². The number of halogens is 3. The van der Waals surface area contributed by atoms with Crippen LogP contribution in [0.2, 0.25) is 0 Å². The molecule has 2 rings (SSSR count). The number of aromatic nitrogens is 2. The molecule has 0 saturated carbocycles. The lowest BCUT2D eigenvalue weighted by molar-refractivity contribution is -0.138. The highest BCUT2D eigenvalue weighted by Crippen LogP contribution is 2.28. The molecule has 0 atom stereocenters. The molecule has 1 aliphatic rings. The molecule has 1 N–H and O–H groups in total. The van der Waals surface area contributed by atoms with Crippen LogP contribution in [0.25, 0.3) is 0 Å². The highest BCUT2D eigenvalue weighted by Gasteiger charge is 2.35. The fraction of sp³-hybridized carbons (Fsp3) is 0.600. The van der Waals surface area contributed by atoms with Gasteiger partial charge in [-0.1, -0.05) is 0 Å². The number of nitrogens with one attached hydrogen (secondary N) is 1. The van der Waals surface area contributed by atoms with Crippen LogP contribution in [-0.4, -0.2) is 23.3 Å². The maximum absolute atomic E-state index is 12.5. The maximum atomic E-state index is 12.5. The van der Waals surface area contributed by atoms with Crippen molar-refractivity contribution in [2.75, 3.05) is 18.0 Å². The van der Waals surface area contributed by atoms with Crippen molar-refractivity contribution in [2.45, 2.75) is 25.4 Å². The summed E-state index contributed by atoms with van der Waals surface area (Å²) in [6.07, 6.45) is -1.70. The molecule has 1 aliphatic heterocycles. The summed E-state index contributed by atoms with van der Waals surface area (Å²) in [6.45, 7) is 1.35. The van der Waals surface area contributed by atoms with Crippen molar-refractivity contribution in [1.82, 2.24) is 10.2 Å². The van der Waals surface area contributed by atoms with Gasteiger partial charge in [0, 0.05) is 19.2 Å². The van der Waals surface area contributed by atoms with Crippen LogP contribution in [0.15, 0.2) is 10.9 Å². The van der Waals surface area contributed by atoms with Crippen molar-refractivity contribution >= 4 is 5.82 Å². The monoisotopic (exact) mass is 247 g/mol. The molecule has 4 nitrogen and oxygen atoms in total. The van der Waals surface area contributed by atoms with E-state index in [1.807, 2.05) is 5.10 Å². The summed E-state index contributed by atoms with van der Waals surface area (Å²) in [5.41, 5.74) is -2.38. The van der Waals surface area contributed by atoms with E-state index in [1.165, 1.54) is 0 Å². The van der Waals surface area contributed by atoms with Gasteiger partial charge >= 0.3 is 6.18 Å². The molecule has 0 bridgehead atoms. The lowest BCUT2D eigenvalue weighted by Gasteiger charge is -2.27. The third-order valence-electron chi connectivity index (χ3n) is 2.78. The van der Waals surface area contributed by atoms with E-state index in [0.717, 1.165) is 25.3 Å². The summed E-state index contributed by atoms with van der Waals surface area (Å²) in [5.74, 6) is 0.191. The number of aromatic amines is 1.